The van der Waals surface area contributed by atoms with E-state index in [0.29, 0.717) is 27.2 Å². The Kier molecular flexibility index (Phi) is 5.11. The molecule has 0 atom stereocenters. The predicted octanol–water partition coefficient (Wildman–Crippen LogP) is 3.40. The van der Waals surface area contributed by atoms with E-state index in [0.717, 1.165) is 25.9 Å². The van der Waals surface area contributed by atoms with E-state index < -0.39 is 0 Å². The molecule has 2 rings (SSSR count). The van der Waals surface area contributed by atoms with Crippen LogP contribution < -0.4 is 4.74 Å². The summed E-state index contributed by atoms with van der Waals surface area (Å²) in [5.74, 6) is 0.327. The quantitative estimate of drug-likeness (QED) is 0.858. The number of rotatable bonds is 3. The molecule has 2 heterocycles. The number of pyridine rings is 1. The van der Waals surface area contributed by atoms with Crippen molar-refractivity contribution in [2.75, 3.05) is 19.7 Å². The van der Waals surface area contributed by atoms with Gasteiger partial charge in [0.05, 0.1) is 11.4 Å². The number of nitrogens with zero attached hydrogens (tertiary/aromatic N) is 2. The molecule has 110 valence electrons. The molecule has 1 amide bonds. The summed E-state index contributed by atoms with van der Waals surface area (Å²) in [6, 6.07) is 0. The summed E-state index contributed by atoms with van der Waals surface area (Å²) < 4.78 is 5.55. The molecule has 1 aromatic heterocycles. The van der Waals surface area contributed by atoms with E-state index in [1.54, 1.807) is 13.8 Å². The third kappa shape index (κ3) is 3.36. The SMILES string of the molecule is Cc1nc(C)c(Cl)c(OCC(=O)N2CCCCC2)c1Cl. The van der Waals surface area contributed by atoms with Gasteiger partial charge in [-0.2, -0.15) is 0 Å². The van der Waals surface area contributed by atoms with Crippen molar-refractivity contribution in [2.45, 2.75) is 33.1 Å². The number of carbonyl (C=O) groups is 1. The number of ether oxygens (including phenoxy) is 1. The van der Waals surface area contributed by atoms with E-state index >= 15 is 0 Å². The summed E-state index contributed by atoms with van der Waals surface area (Å²) in [5, 5.41) is 0.735. The molecule has 0 unspecified atom stereocenters. The van der Waals surface area contributed by atoms with Crippen LogP contribution in [0.4, 0.5) is 0 Å². The number of piperidine rings is 1. The second kappa shape index (κ2) is 6.64. The molecule has 0 N–H and O–H groups in total. The predicted molar refractivity (Wildman–Crippen MR) is 79.7 cm³/mol. The number of halogens is 2. The average Bonchev–Trinajstić information content (AvgIpc) is 2.46. The van der Waals surface area contributed by atoms with Gasteiger partial charge in [-0.15, -0.1) is 0 Å². The van der Waals surface area contributed by atoms with E-state index in [-0.39, 0.29) is 12.5 Å². The van der Waals surface area contributed by atoms with Crippen LogP contribution in [-0.2, 0) is 4.79 Å². The number of carbonyl (C=O) groups excluding carboxylic acids is 1. The van der Waals surface area contributed by atoms with Gasteiger partial charge in [-0.3, -0.25) is 9.78 Å². The largest absolute Gasteiger partial charge is 0.480 e. The van der Waals surface area contributed by atoms with Crippen LogP contribution >= 0.6 is 23.2 Å². The van der Waals surface area contributed by atoms with Crippen molar-refractivity contribution < 1.29 is 9.53 Å². The smallest absolute Gasteiger partial charge is 0.260 e. The molecule has 0 bridgehead atoms. The lowest BCUT2D eigenvalue weighted by Gasteiger charge is -2.26. The Morgan fingerprint density at radius 1 is 1.15 bits per heavy atom. The Labute approximate surface area is 129 Å². The molecule has 4 nitrogen and oxygen atoms in total. The fraction of sp³-hybridized carbons (Fsp3) is 0.571. The summed E-state index contributed by atoms with van der Waals surface area (Å²) in [5.41, 5.74) is 1.29. The molecule has 0 aromatic carbocycles. The topological polar surface area (TPSA) is 42.4 Å². The van der Waals surface area contributed by atoms with Gasteiger partial charge < -0.3 is 9.64 Å². The van der Waals surface area contributed by atoms with Crippen molar-refractivity contribution in [3.63, 3.8) is 0 Å². The van der Waals surface area contributed by atoms with Gasteiger partial charge in [0.2, 0.25) is 0 Å². The molecule has 1 saturated heterocycles. The molecule has 1 aliphatic rings. The molecule has 1 fully saturated rings. The highest BCUT2D eigenvalue weighted by Gasteiger charge is 2.19. The third-order valence-corrected chi connectivity index (χ3v) is 4.31. The van der Waals surface area contributed by atoms with Gasteiger partial charge in [-0.05, 0) is 33.1 Å². The zero-order valence-corrected chi connectivity index (χ0v) is 13.2. The number of aryl methyl sites for hydroxylation is 2. The highest BCUT2D eigenvalue weighted by atomic mass is 35.5. The van der Waals surface area contributed by atoms with Crippen molar-refractivity contribution in [3.8, 4) is 5.75 Å². The second-order valence-electron chi connectivity index (χ2n) is 4.97. The van der Waals surface area contributed by atoms with Gasteiger partial charge in [0.25, 0.3) is 5.91 Å². The van der Waals surface area contributed by atoms with Gasteiger partial charge in [-0.1, -0.05) is 23.2 Å². The number of amides is 1. The Bertz CT molecular complexity index is 488. The molecule has 1 aliphatic heterocycles. The van der Waals surface area contributed by atoms with E-state index in [4.69, 9.17) is 27.9 Å². The lowest BCUT2D eigenvalue weighted by atomic mass is 10.1. The monoisotopic (exact) mass is 316 g/mol. The van der Waals surface area contributed by atoms with Gasteiger partial charge in [0.1, 0.15) is 10.0 Å². The molecular formula is C14H18Cl2N2O2. The first kappa shape index (κ1) is 15.4. The zero-order valence-electron chi connectivity index (χ0n) is 11.7. The maximum absolute atomic E-state index is 12.1. The maximum atomic E-state index is 12.1. The molecule has 20 heavy (non-hydrogen) atoms. The maximum Gasteiger partial charge on any atom is 0.260 e. The van der Waals surface area contributed by atoms with Crippen molar-refractivity contribution in [1.29, 1.82) is 0 Å². The second-order valence-corrected chi connectivity index (χ2v) is 5.73. The summed E-state index contributed by atoms with van der Waals surface area (Å²) in [6.07, 6.45) is 3.30. The summed E-state index contributed by atoms with van der Waals surface area (Å²) in [4.78, 5) is 18.1. The van der Waals surface area contributed by atoms with Gasteiger partial charge in [-0.25, -0.2) is 0 Å². The lowest BCUT2D eigenvalue weighted by molar-refractivity contribution is -0.134. The van der Waals surface area contributed by atoms with Crippen LogP contribution in [-0.4, -0.2) is 35.5 Å². The van der Waals surface area contributed by atoms with Crippen LogP contribution in [0.5, 0.6) is 5.75 Å². The standard InChI is InChI=1S/C14H18Cl2N2O2/c1-9-12(15)14(13(16)10(2)17-9)20-8-11(19)18-6-4-3-5-7-18/h3-8H2,1-2H3. The highest BCUT2D eigenvalue weighted by molar-refractivity contribution is 6.37. The number of aromatic nitrogens is 1. The Morgan fingerprint density at radius 2 is 1.70 bits per heavy atom. The molecule has 0 spiro atoms. The van der Waals surface area contributed by atoms with Crippen molar-refractivity contribution >= 4 is 29.1 Å². The van der Waals surface area contributed by atoms with E-state index in [1.165, 1.54) is 6.42 Å². The normalized spacial score (nSPS) is 15.3. The number of hydrogen-bond acceptors (Lipinski definition) is 3. The van der Waals surface area contributed by atoms with Crippen molar-refractivity contribution in [1.82, 2.24) is 9.88 Å². The molecule has 6 heteroatoms. The molecule has 0 saturated carbocycles. The van der Waals surface area contributed by atoms with Crippen molar-refractivity contribution in [2.24, 2.45) is 0 Å². The van der Waals surface area contributed by atoms with E-state index in [2.05, 4.69) is 4.98 Å². The zero-order chi connectivity index (χ0) is 14.7. The molecule has 0 aliphatic carbocycles. The third-order valence-electron chi connectivity index (χ3n) is 3.42. The molecule has 0 radical (unpaired) electrons. The van der Waals surface area contributed by atoms with Crippen LogP contribution in [0.2, 0.25) is 10.0 Å². The van der Waals surface area contributed by atoms with Crippen molar-refractivity contribution in [3.05, 3.63) is 21.4 Å². The fourth-order valence-electron chi connectivity index (χ4n) is 2.27. The van der Waals surface area contributed by atoms with Crippen LogP contribution in [0.15, 0.2) is 0 Å². The minimum atomic E-state index is -0.0394. The Morgan fingerprint density at radius 3 is 2.25 bits per heavy atom. The number of hydrogen-bond donors (Lipinski definition) is 0. The minimum absolute atomic E-state index is 0.0241. The molecule has 1 aromatic rings. The summed E-state index contributed by atoms with van der Waals surface area (Å²) >= 11 is 12.3. The first-order valence-corrected chi connectivity index (χ1v) is 7.49. The van der Waals surface area contributed by atoms with E-state index in [9.17, 15) is 4.79 Å². The van der Waals surface area contributed by atoms with Crippen LogP contribution in [0.1, 0.15) is 30.7 Å². The molecular weight excluding hydrogens is 299 g/mol. The summed E-state index contributed by atoms with van der Waals surface area (Å²) in [6.45, 7) is 5.13. The van der Waals surface area contributed by atoms with Gasteiger partial charge >= 0.3 is 0 Å². The first-order valence-electron chi connectivity index (χ1n) is 6.73. The Balaban J connectivity index is 2.05. The minimum Gasteiger partial charge on any atom is -0.480 e. The lowest BCUT2D eigenvalue weighted by Crippen LogP contribution is -2.38. The van der Waals surface area contributed by atoms with Crippen LogP contribution in [0, 0.1) is 13.8 Å². The van der Waals surface area contributed by atoms with E-state index in [1.807, 2.05) is 4.90 Å². The summed E-state index contributed by atoms with van der Waals surface area (Å²) in [7, 11) is 0. The Hall–Kier alpha value is -1.00. The van der Waals surface area contributed by atoms with Gasteiger partial charge in [0, 0.05) is 13.1 Å². The average molecular weight is 317 g/mol. The highest BCUT2D eigenvalue weighted by Crippen LogP contribution is 2.36. The fourth-order valence-corrected chi connectivity index (χ4v) is 2.70. The van der Waals surface area contributed by atoms with Crippen LogP contribution in [0.25, 0.3) is 0 Å². The number of likely N-dealkylation sites (tertiary alicyclic amines) is 1. The van der Waals surface area contributed by atoms with Gasteiger partial charge in [0.15, 0.2) is 12.4 Å². The van der Waals surface area contributed by atoms with Crippen LogP contribution in [0.3, 0.4) is 0 Å². The first-order chi connectivity index (χ1) is 9.50.